The van der Waals surface area contributed by atoms with Crippen LogP contribution in [0, 0.1) is 6.92 Å². The van der Waals surface area contributed by atoms with E-state index >= 15 is 0 Å². The first kappa shape index (κ1) is 21.0. The van der Waals surface area contributed by atoms with Gasteiger partial charge in [0.1, 0.15) is 18.1 Å². The molecule has 0 aromatic heterocycles. The maximum atomic E-state index is 14.8. The molecule has 0 heterocycles. The molecule has 0 aliphatic carbocycles. The zero-order valence-corrected chi connectivity index (χ0v) is 16.6. The predicted octanol–water partition coefficient (Wildman–Crippen LogP) is 5.24. The number of benzene rings is 3. The monoisotopic (exact) mass is 408 g/mol. The molecule has 0 aliphatic rings. The average molecular weight is 408 g/mol. The second-order valence-corrected chi connectivity index (χ2v) is 6.96. The van der Waals surface area contributed by atoms with Crippen LogP contribution in [-0.4, -0.2) is 22.0 Å². The van der Waals surface area contributed by atoms with E-state index in [1.807, 2.05) is 0 Å². The third-order valence-electron chi connectivity index (χ3n) is 4.85. The lowest BCUT2D eigenvalue weighted by molar-refractivity contribution is 0.0696. The number of carboxylic acid groups (broad SMARTS) is 1. The van der Waals surface area contributed by atoms with Gasteiger partial charge in [0, 0.05) is 5.56 Å². The van der Waals surface area contributed by atoms with E-state index in [4.69, 9.17) is 9.84 Å². The van der Waals surface area contributed by atoms with E-state index in [1.54, 1.807) is 43.3 Å². The minimum Gasteiger partial charge on any atom is -0.507 e. The lowest BCUT2D eigenvalue weighted by atomic mass is 10.00. The number of carbonyl (C=O) groups excluding carboxylic acids is 1. The van der Waals surface area contributed by atoms with Crippen LogP contribution in [0.4, 0.5) is 4.39 Å². The maximum Gasteiger partial charge on any atom is 0.335 e. The fraction of sp³-hybridized carbons (Fsp3) is 0.167. The number of phenolic OH excluding ortho intramolecular Hbond substituents is 1. The van der Waals surface area contributed by atoms with Crippen molar-refractivity contribution in [1.29, 1.82) is 0 Å². The van der Waals surface area contributed by atoms with Gasteiger partial charge in [0.25, 0.3) is 0 Å². The Labute approximate surface area is 173 Å². The van der Waals surface area contributed by atoms with Crippen molar-refractivity contribution in [3.05, 3.63) is 94.0 Å². The zero-order chi connectivity index (χ0) is 21.8. The standard InChI is InChI=1S/C24H21FO5/c1-14-21(11-10-20(15(2)26)23(14)27)30-13-16-6-8-17(9-7-16)22(25)18-4-3-5-19(12-18)24(28)29/h3-12,22,27H,13H2,1-2H3,(H,28,29). The molecule has 0 aliphatic heterocycles. The minimum atomic E-state index is -1.45. The fourth-order valence-electron chi connectivity index (χ4n) is 3.09. The number of aromatic carboxylic acids is 1. The molecule has 0 bridgehead atoms. The van der Waals surface area contributed by atoms with Crippen molar-refractivity contribution in [1.82, 2.24) is 0 Å². The van der Waals surface area contributed by atoms with Gasteiger partial charge in [0.05, 0.1) is 11.1 Å². The van der Waals surface area contributed by atoms with E-state index in [0.29, 0.717) is 16.9 Å². The summed E-state index contributed by atoms with van der Waals surface area (Å²) in [5.74, 6) is -0.976. The summed E-state index contributed by atoms with van der Waals surface area (Å²) in [6.07, 6.45) is -1.45. The van der Waals surface area contributed by atoms with Crippen molar-refractivity contribution >= 4 is 11.8 Å². The second kappa shape index (κ2) is 8.78. The van der Waals surface area contributed by atoms with Crippen LogP contribution in [0.15, 0.2) is 60.7 Å². The van der Waals surface area contributed by atoms with Crippen molar-refractivity contribution < 1.29 is 28.9 Å². The van der Waals surface area contributed by atoms with E-state index in [9.17, 15) is 19.1 Å². The molecule has 6 heteroatoms. The number of carboxylic acids is 1. The van der Waals surface area contributed by atoms with Gasteiger partial charge < -0.3 is 14.9 Å². The normalized spacial score (nSPS) is 11.7. The van der Waals surface area contributed by atoms with Crippen molar-refractivity contribution in [2.45, 2.75) is 26.6 Å². The number of aromatic hydroxyl groups is 1. The van der Waals surface area contributed by atoms with E-state index in [2.05, 4.69) is 0 Å². The number of carbonyl (C=O) groups is 2. The van der Waals surface area contributed by atoms with Crippen LogP contribution in [0.3, 0.4) is 0 Å². The van der Waals surface area contributed by atoms with Gasteiger partial charge in [-0.2, -0.15) is 0 Å². The van der Waals surface area contributed by atoms with Gasteiger partial charge in [-0.3, -0.25) is 4.79 Å². The first-order valence-corrected chi connectivity index (χ1v) is 9.30. The topological polar surface area (TPSA) is 83.8 Å². The minimum absolute atomic E-state index is 0.0367. The molecule has 3 aromatic rings. The van der Waals surface area contributed by atoms with E-state index in [0.717, 1.165) is 5.56 Å². The SMILES string of the molecule is CC(=O)c1ccc(OCc2ccc(C(F)c3cccc(C(=O)O)c3)cc2)c(C)c1O. The smallest absolute Gasteiger partial charge is 0.335 e. The fourth-order valence-corrected chi connectivity index (χ4v) is 3.09. The Morgan fingerprint density at radius 3 is 2.37 bits per heavy atom. The van der Waals surface area contributed by atoms with Crippen LogP contribution >= 0.6 is 0 Å². The Bertz CT molecular complexity index is 1090. The lowest BCUT2D eigenvalue weighted by Crippen LogP contribution is -2.02. The second-order valence-electron chi connectivity index (χ2n) is 6.96. The third-order valence-corrected chi connectivity index (χ3v) is 4.85. The van der Waals surface area contributed by atoms with Crippen molar-refractivity contribution in [3.8, 4) is 11.5 Å². The molecule has 154 valence electrons. The molecule has 5 nitrogen and oxygen atoms in total. The number of Topliss-reactive ketones (excluding diaryl/α,β-unsaturated/α-hetero) is 1. The molecule has 1 unspecified atom stereocenters. The van der Waals surface area contributed by atoms with Crippen LogP contribution in [0.2, 0.25) is 0 Å². The Balaban J connectivity index is 1.71. The molecule has 30 heavy (non-hydrogen) atoms. The lowest BCUT2D eigenvalue weighted by Gasteiger charge is -2.13. The van der Waals surface area contributed by atoms with Gasteiger partial charge >= 0.3 is 5.97 Å². The quantitative estimate of drug-likeness (QED) is 0.523. The average Bonchev–Trinajstić information content (AvgIpc) is 2.74. The molecular weight excluding hydrogens is 387 g/mol. The number of ether oxygens (including phenoxy) is 1. The molecule has 1 atom stereocenters. The Morgan fingerprint density at radius 1 is 1.03 bits per heavy atom. The number of rotatable bonds is 7. The number of ketones is 1. The number of halogens is 1. The molecule has 0 fully saturated rings. The van der Waals surface area contributed by atoms with Crippen molar-refractivity contribution in [3.63, 3.8) is 0 Å². The summed E-state index contributed by atoms with van der Waals surface area (Å²) in [5.41, 5.74) is 2.22. The van der Waals surface area contributed by atoms with Gasteiger partial charge in [-0.05, 0) is 54.8 Å². The first-order chi connectivity index (χ1) is 14.3. The molecule has 3 rings (SSSR count). The van der Waals surface area contributed by atoms with Crippen molar-refractivity contribution in [2.24, 2.45) is 0 Å². The first-order valence-electron chi connectivity index (χ1n) is 9.30. The maximum absolute atomic E-state index is 14.8. The molecule has 0 amide bonds. The Kier molecular flexibility index (Phi) is 6.16. The van der Waals surface area contributed by atoms with Crippen LogP contribution < -0.4 is 4.74 Å². The Hall–Kier alpha value is -3.67. The summed E-state index contributed by atoms with van der Waals surface area (Å²) in [5, 5.41) is 19.2. The molecule has 2 N–H and O–H groups in total. The molecule has 0 saturated heterocycles. The van der Waals surface area contributed by atoms with Gasteiger partial charge in [0.2, 0.25) is 0 Å². The largest absolute Gasteiger partial charge is 0.507 e. The van der Waals surface area contributed by atoms with Crippen LogP contribution in [-0.2, 0) is 6.61 Å². The molecular formula is C24H21FO5. The molecule has 3 aromatic carbocycles. The Morgan fingerprint density at radius 2 is 1.73 bits per heavy atom. The van der Waals surface area contributed by atoms with Crippen LogP contribution in [0.5, 0.6) is 11.5 Å². The predicted molar refractivity (Wildman–Crippen MR) is 110 cm³/mol. The van der Waals surface area contributed by atoms with Gasteiger partial charge in [-0.15, -0.1) is 0 Å². The number of hydrogen-bond donors (Lipinski definition) is 2. The summed E-state index contributed by atoms with van der Waals surface area (Å²) in [6.45, 7) is 3.25. The zero-order valence-electron chi connectivity index (χ0n) is 16.6. The highest BCUT2D eigenvalue weighted by atomic mass is 19.1. The summed E-state index contributed by atoms with van der Waals surface area (Å²) in [4.78, 5) is 22.6. The van der Waals surface area contributed by atoms with E-state index in [-0.39, 0.29) is 34.8 Å². The highest BCUT2D eigenvalue weighted by Gasteiger charge is 2.16. The molecule has 0 saturated carbocycles. The number of hydrogen-bond acceptors (Lipinski definition) is 4. The summed E-state index contributed by atoms with van der Waals surface area (Å²) < 4.78 is 20.5. The number of phenols is 1. The summed E-state index contributed by atoms with van der Waals surface area (Å²) in [7, 11) is 0. The third kappa shape index (κ3) is 4.49. The summed E-state index contributed by atoms with van der Waals surface area (Å²) in [6, 6.07) is 15.7. The highest BCUT2D eigenvalue weighted by Crippen LogP contribution is 2.31. The highest BCUT2D eigenvalue weighted by molar-refractivity contribution is 5.97. The molecule has 0 spiro atoms. The van der Waals surface area contributed by atoms with Gasteiger partial charge in [-0.25, -0.2) is 9.18 Å². The van der Waals surface area contributed by atoms with E-state index < -0.39 is 12.1 Å². The van der Waals surface area contributed by atoms with Crippen LogP contribution in [0.1, 0.15) is 56.1 Å². The van der Waals surface area contributed by atoms with Gasteiger partial charge in [0.15, 0.2) is 12.0 Å². The molecule has 0 radical (unpaired) electrons. The van der Waals surface area contributed by atoms with E-state index in [1.165, 1.54) is 31.2 Å². The van der Waals surface area contributed by atoms with Crippen molar-refractivity contribution in [2.75, 3.05) is 0 Å². The number of alkyl halides is 1. The van der Waals surface area contributed by atoms with Gasteiger partial charge in [-0.1, -0.05) is 36.4 Å². The van der Waals surface area contributed by atoms with Crippen LogP contribution in [0.25, 0.3) is 0 Å². The summed E-state index contributed by atoms with van der Waals surface area (Å²) >= 11 is 0.